The maximum Gasteiger partial charge on any atom is 0.339 e. The summed E-state index contributed by atoms with van der Waals surface area (Å²) in [6.07, 6.45) is 0. The first-order valence-corrected chi connectivity index (χ1v) is 9.96. The van der Waals surface area contributed by atoms with Gasteiger partial charge in [-0.3, -0.25) is 14.4 Å². The molecule has 2 rings (SSSR count). The van der Waals surface area contributed by atoms with Crippen molar-refractivity contribution in [3.63, 3.8) is 0 Å². The van der Waals surface area contributed by atoms with Gasteiger partial charge in [0.05, 0.1) is 11.1 Å². The highest BCUT2D eigenvalue weighted by Gasteiger charge is 2.22. The summed E-state index contributed by atoms with van der Waals surface area (Å²) in [5, 5.41) is 5.04. The molecule has 0 radical (unpaired) electrons. The van der Waals surface area contributed by atoms with Crippen molar-refractivity contribution in [3.05, 3.63) is 71.3 Å². The number of nitrogens with one attached hydrogen (secondary N) is 2. The molecular weight excluding hydrogens is 398 g/mol. The van der Waals surface area contributed by atoms with E-state index in [1.807, 2.05) is 30.3 Å². The molecule has 8 heteroatoms. The second-order valence-electron chi connectivity index (χ2n) is 6.95. The van der Waals surface area contributed by atoms with E-state index in [1.165, 1.54) is 24.0 Å². The third-order valence-corrected chi connectivity index (χ3v) is 4.44. The molecule has 0 aliphatic heterocycles. The lowest BCUT2D eigenvalue weighted by atomic mass is 10.1. The first kappa shape index (κ1) is 23.6. The average Bonchev–Trinajstić information content (AvgIpc) is 2.77. The second kappa shape index (κ2) is 11.5. The minimum Gasteiger partial charge on any atom is -0.452 e. The normalized spacial score (nSPS) is 11.2. The third kappa shape index (κ3) is 6.95. The number of carbonyl (C=O) groups excluding carboxylic acids is 4. The molecule has 0 bridgehead atoms. The van der Waals surface area contributed by atoms with Gasteiger partial charge < -0.3 is 20.3 Å². The summed E-state index contributed by atoms with van der Waals surface area (Å²) >= 11 is 0. The fourth-order valence-corrected chi connectivity index (χ4v) is 2.87. The van der Waals surface area contributed by atoms with Gasteiger partial charge in [-0.05, 0) is 31.5 Å². The lowest BCUT2D eigenvalue weighted by Gasteiger charge is -2.19. The predicted octanol–water partition coefficient (Wildman–Crippen LogP) is 1.76. The van der Waals surface area contributed by atoms with Crippen LogP contribution in [0.2, 0.25) is 0 Å². The number of ether oxygens (including phenoxy) is 1. The van der Waals surface area contributed by atoms with Crippen LogP contribution in [0.1, 0.15) is 40.1 Å². The molecule has 8 nitrogen and oxygen atoms in total. The van der Waals surface area contributed by atoms with E-state index in [2.05, 4.69) is 10.6 Å². The summed E-state index contributed by atoms with van der Waals surface area (Å²) < 4.78 is 5.07. The molecular formula is C23H27N3O5. The maximum atomic E-state index is 12.9. The van der Waals surface area contributed by atoms with Crippen molar-refractivity contribution in [1.82, 2.24) is 15.5 Å². The Balaban J connectivity index is 2.00. The van der Waals surface area contributed by atoms with Crippen LogP contribution in [0.4, 0.5) is 0 Å². The van der Waals surface area contributed by atoms with Crippen LogP contribution in [0, 0.1) is 0 Å². The summed E-state index contributed by atoms with van der Waals surface area (Å²) in [5.41, 5.74) is 1.20. The highest BCUT2D eigenvalue weighted by Crippen LogP contribution is 2.14. The molecule has 164 valence electrons. The molecule has 0 heterocycles. The molecule has 3 amide bonds. The predicted molar refractivity (Wildman–Crippen MR) is 115 cm³/mol. The maximum absolute atomic E-state index is 12.9. The largest absolute Gasteiger partial charge is 0.452 e. The SMILES string of the molecule is CCNC(=O)[C@@H](C)NC(=O)COC(=O)c1ccccc1C(=O)N(C)Cc1ccccc1. The van der Waals surface area contributed by atoms with E-state index in [4.69, 9.17) is 4.74 Å². The number of nitrogens with zero attached hydrogens (tertiary/aromatic N) is 1. The number of benzene rings is 2. The molecule has 0 unspecified atom stereocenters. The number of esters is 1. The fourth-order valence-electron chi connectivity index (χ4n) is 2.87. The van der Waals surface area contributed by atoms with Crippen molar-refractivity contribution in [1.29, 1.82) is 0 Å². The first-order valence-electron chi connectivity index (χ1n) is 9.96. The van der Waals surface area contributed by atoms with E-state index >= 15 is 0 Å². The molecule has 2 aromatic rings. The summed E-state index contributed by atoms with van der Waals surface area (Å²) in [7, 11) is 1.65. The molecule has 1 atom stereocenters. The lowest BCUT2D eigenvalue weighted by Crippen LogP contribution is -2.46. The molecule has 2 N–H and O–H groups in total. The van der Waals surface area contributed by atoms with Gasteiger partial charge in [-0.25, -0.2) is 4.79 Å². The quantitative estimate of drug-likeness (QED) is 0.596. The van der Waals surface area contributed by atoms with Crippen LogP contribution in [0.25, 0.3) is 0 Å². The van der Waals surface area contributed by atoms with Crippen molar-refractivity contribution < 1.29 is 23.9 Å². The minimum atomic E-state index is -0.794. The molecule has 2 aromatic carbocycles. The van der Waals surface area contributed by atoms with Gasteiger partial charge in [0, 0.05) is 20.1 Å². The van der Waals surface area contributed by atoms with E-state index in [0.717, 1.165) is 5.56 Å². The van der Waals surface area contributed by atoms with Crippen LogP contribution >= 0.6 is 0 Å². The Morgan fingerprint density at radius 3 is 2.23 bits per heavy atom. The van der Waals surface area contributed by atoms with Gasteiger partial charge in [0.1, 0.15) is 6.04 Å². The number of rotatable bonds is 9. The number of hydrogen-bond acceptors (Lipinski definition) is 5. The average molecular weight is 425 g/mol. The van der Waals surface area contributed by atoms with E-state index in [0.29, 0.717) is 13.1 Å². The summed E-state index contributed by atoms with van der Waals surface area (Å²) in [5.74, 6) is -2.08. The van der Waals surface area contributed by atoms with Crippen molar-refractivity contribution in [3.8, 4) is 0 Å². The van der Waals surface area contributed by atoms with Gasteiger partial charge in [-0.15, -0.1) is 0 Å². The van der Waals surface area contributed by atoms with Crippen LogP contribution < -0.4 is 10.6 Å². The number of hydrogen-bond donors (Lipinski definition) is 2. The van der Waals surface area contributed by atoms with Crippen molar-refractivity contribution in [2.24, 2.45) is 0 Å². The number of likely N-dealkylation sites (N-methyl/N-ethyl adjacent to an activating group) is 1. The van der Waals surface area contributed by atoms with Gasteiger partial charge in [0.15, 0.2) is 6.61 Å². The monoisotopic (exact) mass is 425 g/mol. The molecule has 0 fully saturated rings. The highest BCUT2D eigenvalue weighted by molar-refractivity contribution is 6.05. The van der Waals surface area contributed by atoms with E-state index in [-0.39, 0.29) is 22.9 Å². The van der Waals surface area contributed by atoms with Gasteiger partial charge in [0.2, 0.25) is 5.91 Å². The summed E-state index contributed by atoms with van der Waals surface area (Å²) in [6.45, 7) is 3.55. The Hall–Kier alpha value is -3.68. The topological polar surface area (TPSA) is 105 Å². The molecule has 31 heavy (non-hydrogen) atoms. The summed E-state index contributed by atoms with van der Waals surface area (Å²) in [4.78, 5) is 50.6. The van der Waals surface area contributed by atoms with Gasteiger partial charge >= 0.3 is 5.97 Å². The highest BCUT2D eigenvalue weighted by atomic mass is 16.5. The van der Waals surface area contributed by atoms with Crippen molar-refractivity contribution in [2.45, 2.75) is 26.4 Å². The fraction of sp³-hybridized carbons (Fsp3) is 0.304. The van der Waals surface area contributed by atoms with Crippen LogP contribution in [0.3, 0.4) is 0 Å². The van der Waals surface area contributed by atoms with Crippen molar-refractivity contribution in [2.75, 3.05) is 20.2 Å². The Kier molecular flexibility index (Phi) is 8.75. The number of carbonyl (C=O) groups is 4. The smallest absolute Gasteiger partial charge is 0.339 e. The van der Waals surface area contributed by atoms with Crippen LogP contribution in [-0.2, 0) is 20.9 Å². The van der Waals surface area contributed by atoms with Gasteiger partial charge in [-0.1, -0.05) is 42.5 Å². The van der Waals surface area contributed by atoms with Gasteiger partial charge in [-0.2, -0.15) is 0 Å². The Morgan fingerprint density at radius 2 is 1.58 bits per heavy atom. The number of amides is 3. The van der Waals surface area contributed by atoms with Gasteiger partial charge in [0.25, 0.3) is 11.8 Å². The Morgan fingerprint density at radius 1 is 0.968 bits per heavy atom. The molecule has 0 spiro atoms. The standard InChI is InChI=1S/C23H27N3O5/c1-4-24-21(28)16(2)25-20(27)15-31-23(30)19-13-9-8-12-18(19)22(29)26(3)14-17-10-6-5-7-11-17/h5-13,16H,4,14-15H2,1-3H3,(H,24,28)(H,25,27)/t16-/m1/s1. The second-order valence-corrected chi connectivity index (χ2v) is 6.95. The minimum absolute atomic E-state index is 0.0667. The van der Waals surface area contributed by atoms with Crippen molar-refractivity contribution >= 4 is 23.7 Å². The molecule has 0 saturated heterocycles. The molecule has 0 aromatic heterocycles. The van der Waals surface area contributed by atoms with E-state index in [1.54, 1.807) is 26.1 Å². The van der Waals surface area contributed by atoms with E-state index < -0.39 is 24.5 Å². The zero-order valence-corrected chi connectivity index (χ0v) is 17.9. The molecule has 0 saturated carbocycles. The van der Waals surface area contributed by atoms with Crippen LogP contribution in [0.15, 0.2) is 54.6 Å². The van der Waals surface area contributed by atoms with Crippen LogP contribution in [-0.4, -0.2) is 54.8 Å². The lowest BCUT2D eigenvalue weighted by molar-refractivity contribution is -0.130. The Labute approximate surface area is 181 Å². The zero-order chi connectivity index (χ0) is 22.8. The van der Waals surface area contributed by atoms with E-state index in [9.17, 15) is 19.2 Å². The third-order valence-electron chi connectivity index (χ3n) is 4.44. The summed E-state index contributed by atoms with van der Waals surface area (Å²) in [6, 6.07) is 15.0. The first-order chi connectivity index (χ1) is 14.8. The van der Waals surface area contributed by atoms with Crippen LogP contribution in [0.5, 0.6) is 0 Å². The molecule has 0 aliphatic rings. The molecule has 0 aliphatic carbocycles. The Bertz CT molecular complexity index is 930. The zero-order valence-electron chi connectivity index (χ0n) is 17.9.